The molecule has 1 unspecified atom stereocenters. The minimum atomic E-state index is -4.22. The Balaban J connectivity index is 3.12. The molecule has 0 aliphatic carbocycles. The SMILES string of the molecule is CCCN(CC(F)(F)F)c1cc(Br)ccc1CC(C)N. The second-order valence-electron chi connectivity index (χ2n) is 4.99. The molecule has 1 aromatic carbocycles. The van der Waals surface area contributed by atoms with Crippen LogP contribution in [-0.2, 0) is 6.42 Å². The fourth-order valence-electron chi connectivity index (χ4n) is 2.12. The van der Waals surface area contributed by atoms with Crippen LogP contribution in [0.2, 0.25) is 0 Å². The maximum Gasteiger partial charge on any atom is 0.405 e. The summed E-state index contributed by atoms with van der Waals surface area (Å²) in [5.41, 5.74) is 7.24. The van der Waals surface area contributed by atoms with Crippen LogP contribution in [0, 0.1) is 0 Å². The van der Waals surface area contributed by atoms with E-state index in [-0.39, 0.29) is 6.04 Å². The van der Waals surface area contributed by atoms with Gasteiger partial charge >= 0.3 is 6.18 Å². The minimum Gasteiger partial charge on any atom is -0.362 e. The Hall–Kier alpha value is -0.750. The van der Waals surface area contributed by atoms with Gasteiger partial charge in [0.1, 0.15) is 6.54 Å². The van der Waals surface area contributed by atoms with E-state index in [4.69, 9.17) is 5.73 Å². The summed E-state index contributed by atoms with van der Waals surface area (Å²) in [5, 5.41) is 0. The lowest BCUT2D eigenvalue weighted by atomic mass is 10.0. The fourth-order valence-corrected chi connectivity index (χ4v) is 2.47. The van der Waals surface area contributed by atoms with Crippen molar-refractivity contribution in [1.29, 1.82) is 0 Å². The molecule has 0 heterocycles. The van der Waals surface area contributed by atoms with E-state index in [1.165, 1.54) is 4.90 Å². The van der Waals surface area contributed by atoms with Crippen molar-refractivity contribution in [3.63, 3.8) is 0 Å². The summed E-state index contributed by atoms with van der Waals surface area (Å²) in [6.45, 7) is 3.14. The number of halogens is 4. The Kier molecular flexibility index (Phi) is 6.33. The van der Waals surface area contributed by atoms with Gasteiger partial charge in [-0.15, -0.1) is 0 Å². The van der Waals surface area contributed by atoms with Gasteiger partial charge in [0.05, 0.1) is 0 Å². The highest BCUT2D eigenvalue weighted by Crippen LogP contribution is 2.29. The van der Waals surface area contributed by atoms with Crippen LogP contribution in [0.3, 0.4) is 0 Å². The van der Waals surface area contributed by atoms with Crippen molar-refractivity contribution in [2.45, 2.75) is 38.9 Å². The molecule has 0 aliphatic heterocycles. The summed E-state index contributed by atoms with van der Waals surface area (Å²) < 4.78 is 39.0. The number of hydrogen-bond acceptors (Lipinski definition) is 2. The maximum atomic E-state index is 12.7. The summed E-state index contributed by atoms with van der Waals surface area (Å²) in [6.07, 6.45) is -3.01. The van der Waals surface area contributed by atoms with E-state index in [0.29, 0.717) is 25.1 Å². The van der Waals surface area contributed by atoms with Gasteiger partial charge in [-0.05, 0) is 37.5 Å². The van der Waals surface area contributed by atoms with E-state index in [0.717, 1.165) is 10.0 Å². The zero-order valence-electron chi connectivity index (χ0n) is 11.7. The first-order chi connectivity index (χ1) is 9.23. The molecule has 0 saturated heterocycles. The molecular weight excluding hydrogens is 333 g/mol. The van der Waals surface area contributed by atoms with Gasteiger partial charge in [0.15, 0.2) is 0 Å². The minimum absolute atomic E-state index is 0.0933. The average Bonchev–Trinajstić information content (AvgIpc) is 2.28. The van der Waals surface area contributed by atoms with Gasteiger partial charge in [-0.3, -0.25) is 0 Å². The number of alkyl halides is 3. The quantitative estimate of drug-likeness (QED) is 0.834. The van der Waals surface area contributed by atoms with Crippen molar-refractivity contribution in [3.8, 4) is 0 Å². The van der Waals surface area contributed by atoms with Crippen LogP contribution < -0.4 is 10.6 Å². The molecule has 0 radical (unpaired) electrons. The molecule has 0 spiro atoms. The first kappa shape index (κ1) is 17.3. The average molecular weight is 353 g/mol. The molecule has 0 saturated carbocycles. The number of nitrogens with two attached hydrogens (primary N) is 1. The molecule has 0 aromatic heterocycles. The largest absolute Gasteiger partial charge is 0.405 e. The lowest BCUT2D eigenvalue weighted by Crippen LogP contribution is -2.35. The molecule has 0 fully saturated rings. The Labute approximate surface area is 126 Å². The summed E-state index contributed by atoms with van der Waals surface area (Å²) in [4.78, 5) is 1.38. The molecule has 1 aromatic rings. The van der Waals surface area contributed by atoms with E-state index < -0.39 is 12.7 Å². The van der Waals surface area contributed by atoms with E-state index in [2.05, 4.69) is 15.9 Å². The van der Waals surface area contributed by atoms with Crippen molar-refractivity contribution in [1.82, 2.24) is 0 Å². The Bertz CT molecular complexity index is 433. The third-order valence-electron chi connectivity index (χ3n) is 2.79. The Morgan fingerprint density at radius 1 is 1.35 bits per heavy atom. The third kappa shape index (κ3) is 5.71. The van der Waals surface area contributed by atoms with E-state index in [9.17, 15) is 13.2 Å². The Morgan fingerprint density at radius 2 is 2.00 bits per heavy atom. The zero-order chi connectivity index (χ0) is 15.3. The van der Waals surface area contributed by atoms with Crippen LogP contribution in [0.25, 0.3) is 0 Å². The van der Waals surface area contributed by atoms with Gasteiger partial charge in [-0.1, -0.05) is 28.9 Å². The summed E-state index contributed by atoms with van der Waals surface area (Å²) in [6, 6.07) is 5.31. The molecule has 0 amide bonds. The van der Waals surface area contributed by atoms with Crippen LogP contribution in [0.1, 0.15) is 25.8 Å². The molecule has 0 aliphatic rings. The van der Waals surface area contributed by atoms with Crippen molar-refractivity contribution >= 4 is 21.6 Å². The fraction of sp³-hybridized carbons (Fsp3) is 0.571. The highest BCUT2D eigenvalue weighted by Gasteiger charge is 2.31. The summed E-state index contributed by atoms with van der Waals surface area (Å²) >= 11 is 3.32. The van der Waals surface area contributed by atoms with Gasteiger partial charge in [-0.25, -0.2) is 0 Å². The number of hydrogen-bond donors (Lipinski definition) is 1. The van der Waals surface area contributed by atoms with Crippen LogP contribution in [0.4, 0.5) is 18.9 Å². The molecule has 2 N–H and O–H groups in total. The van der Waals surface area contributed by atoms with E-state index in [1.54, 1.807) is 6.07 Å². The van der Waals surface area contributed by atoms with Crippen molar-refractivity contribution < 1.29 is 13.2 Å². The Morgan fingerprint density at radius 3 is 2.50 bits per heavy atom. The molecule has 0 bridgehead atoms. The van der Waals surface area contributed by atoms with Crippen molar-refractivity contribution in [2.24, 2.45) is 5.73 Å². The van der Waals surface area contributed by atoms with Gasteiger partial charge in [0, 0.05) is 22.7 Å². The monoisotopic (exact) mass is 352 g/mol. The summed E-state index contributed by atoms with van der Waals surface area (Å²) in [7, 11) is 0. The molecule has 6 heteroatoms. The molecule has 1 rings (SSSR count). The zero-order valence-corrected chi connectivity index (χ0v) is 13.3. The van der Waals surface area contributed by atoms with Gasteiger partial charge < -0.3 is 10.6 Å². The van der Waals surface area contributed by atoms with Gasteiger partial charge in [0.25, 0.3) is 0 Å². The number of nitrogens with zero attached hydrogens (tertiary/aromatic N) is 1. The second kappa shape index (κ2) is 7.31. The van der Waals surface area contributed by atoms with E-state index in [1.807, 2.05) is 26.0 Å². The molecular formula is C14H20BrF3N2. The van der Waals surface area contributed by atoms with Gasteiger partial charge in [0.2, 0.25) is 0 Å². The van der Waals surface area contributed by atoms with Gasteiger partial charge in [-0.2, -0.15) is 13.2 Å². The lowest BCUT2D eigenvalue weighted by molar-refractivity contribution is -0.119. The number of benzene rings is 1. The molecule has 20 heavy (non-hydrogen) atoms. The number of anilines is 1. The third-order valence-corrected chi connectivity index (χ3v) is 3.29. The van der Waals surface area contributed by atoms with E-state index >= 15 is 0 Å². The smallest absolute Gasteiger partial charge is 0.362 e. The highest BCUT2D eigenvalue weighted by atomic mass is 79.9. The van der Waals surface area contributed by atoms with Crippen molar-refractivity contribution in [2.75, 3.05) is 18.0 Å². The van der Waals surface area contributed by atoms with Crippen LogP contribution in [0.15, 0.2) is 22.7 Å². The summed E-state index contributed by atoms with van der Waals surface area (Å²) in [5.74, 6) is 0. The maximum absolute atomic E-state index is 12.7. The molecule has 114 valence electrons. The molecule has 1 atom stereocenters. The standard InChI is InChI=1S/C14H20BrF3N2/c1-3-6-20(9-14(16,17)18)13-8-12(15)5-4-11(13)7-10(2)19/h4-5,8,10H,3,6-7,9,19H2,1-2H3. The predicted molar refractivity (Wildman–Crippen MR) is 80.1 cm³/mol. The van der Waals surface area contributed by atoms with Crippen molar-refractivity contribution in [3.05, 3.63) is 28.2 Å². The topological polar surface area (TPSA) is 29.3 Å². The normalized spacial score (nSPS) is 13.3. The number of rotatable bonds is 6. The second-order valence-corrected chi connectivity index (χ2v) is 5.91. The van der Waals surface area contributed by atoms with Crippen LogP contribution in [-0.4, -0.2) is 25.3 Å². The predicted octanol–water partition coefficient (Wildman–Crippen LogP) is 4.12. The van der Waals surface area contributed by atoms with Crippen LogP contribution >= 0.6 is 15.9 Å². The molecule has 2 nitrogen and oxygen atoms in total. The van der Waals surface area contributed by atoms with Crippen LogP contribution in [0.5, 0.6) is 0 Å². The first-order valence-corrected chi connectivity index (χ1v) is 7.38. The lowest BCUT2D eigenvalue weighted by Gasteiger charge is -2.28. The first-order valence-electron chi connectivity index (χ1n) is 6.58. The highest BCUT2D eigenvalue weighted by molar-refractivity contribution is 9.10.